The summed E-state index contributed by atoms with van der Waals surface area (Å²) in [7, 11) is 0. The summed E-state index contributed by atoms with van der Waals surface area (Å²) in [6.07, 6.45) is 0.0607. The molecule has 4 rings (SSSR count). The van der Waals surface area contributed by atoms with Gasteiger partial charge in [0.2, 0.25) is 11.8 Å². The minimum Gasteiger partial charge on any atom is -0.326 e. The summed E-state index contributed by atoms with van der Waals surface area (Å²) in [4.78, 5) is 26.3. The molecule has 0 unspecified atom stereocenters. The van der Waals surface area contributed by atoms with Crippen molar-refractivity contribution in [3.05, 3.63) is 52.8 Å². The summed E-state index contributed by atoms with van der Waals surface area (Å²) in [5.74, 6) is -1.25. The quantitative estimate of drug-likeness (QED) is 0.686. The Hall–Kier alpha value is -2.74. The van der Waals surface area contributed by atoms with Crippen LogP contribution in [0.2, 0.25) is 0 Å². The van der Waals surface area contributed by atoms with Gasteiger partial charge in [-0.05, 0) is 36.4 Å². The van der Waals surface area contributed by atoms with Crippen LogP contribution in [0.1, 0.15) is 6.42 Å². The largest absolute Gasteiger partial charge is 0.326 e. The Morgan fingerprint density at radius 1 is 1.27 bits per heavy atom. The van der Waals surface area contributed by atoms with Gasteiger partial charge in [0.05, 0.1) is 16.8 Å². The van der Waals surface area contributed by atoms with Crippen LogP contribution in [0.15, 0.2) is 46.9 Å². The number of H-pyrrole nitrogens is 1. The number of rotatable bonds is 3. The molecule has 1 saturated heterocycles. The van der Waals surface area contributed by atoms with Crippen LogP contribution in [0, 0.1) is 11.7 Å². The second-order valence-corrected chi connectivity index (χ2v) is 7.03. The molecule has 26 heavy (non-hydrogen) atoms. The number of nitrogens with zero attached hydrogens (tertiary/aromatic N) is 2. The number of aromatic amines is 1. The number of amides is 2. The van der Waals surface area contributed by atoms with Gasteiger partial charge < -0.3 is 5.32 Å². The topological polar surface area (TPSA) is 78.1 Å². The summed E-state index contributed by atoms with van der Waals surface area (Å²) in [5, 5.41) is 9.87. The lowest BCUT2D eigenvalue weighted by Crippen LogP contribution is -2.28. The van der Waals surface area contributed by atoms with Crippen LogP contribution in [0.5, 0.6) is 0 Å². The molecular weight excluding hydrogens is 403 g/mol. The van der Waals surface area contributed by atoms with Crippen LogP contribution in [0.25, 0.3) is 10.9 Å². The van der Waals surface area contributed by atoms with E-state index in [9.17, 15) is 14.0 Å². The van der Waals surface area contributed by atoms with Crippen LogP contribution in [0.3, 0.4) is 0 Å². The zero-order valence-electron chi connectivity index (χ0n) is 13.5. The van der Waals surface area contributed by atoms with Gasteiger partial charge in [-0.1, -0.05) is 22.0 Å². The minimum absolute atomic E-state index is 0.0607. The number of benzene rings is 2. The molecule has 1 aromatic heterocycles. The number of aromatic nitrogens is 2. The van der Waals surface area contributed by atoms with E-state index < -0.39 is 11.7 Å². The lowest BCUT2D eigenvalue weighted by atomic mass is 10.1. The van der Waals surface area contributed by atoms with Crippen molar-refractivity contribution in [3.8, 4) is 0 Å². The standard InChI is InChI=1S/C18H14BrFN4O2/c19-11-4-6-12(7-5-11)21-18(26)10-8-15(25)24(9-10)17-16-13(20)2-1-3-14(16)22-23-17/h1-7,10H,8-9H2,(H,21,26)(H,22,23)/t10-/m1/s1. The SMILES string of the molecule is O=C(Nc1ccc(Br)cc1)[C@@H]1CC(=O)N(c2n[nH]c3cccc(F)c23)C1. The Balaban J connectivity index is 1.54. The first kappa shape index (κ1) is 16.7. The van der Waals surface area contributed by atoms with Gasteiger partial charge in [-0.3, -0.25) is 19.6 Å². The van der Waals surface area contributed by atoms with Crippen LogP contribution in [-0.2, 0) is 9.59 Å². The Morgan fingerprint density at radius 3 is 2.81 bits per heavy atom. The fraction of sp³-hybridized carbons (Fsp3) is 0.167. The third-order valence-corrected chi connectivity index (χ3v) is 4.91. The molecule has 1 atom stereocenters. The van der Waals surface area contributed by atoms with Gasteiger partial charge in [0, 0.05) is 23.1 Å². The number of halogens is 2. The normalized spacial score (nSPS) is 17.1. The van der Waals surface area contributed by atoms with E-state index in [0.717, 1.165) is 4.47 Å². The number of hydrogen-bond donors (Lipinski definition) is 2. The van der Waals surface area contributed by atoms with Crippen molar-refractivity contribution in [2.45, 2.75) is 6.42 Å². The molecule has 1 fully saturated rings. The van der Waals surface area contributed by atoms with Crippen molar-refractivity contribution >= 4 is 50.2 Å². The molecule has 0 aliphatic carbocycles. The van der Waals surface area contributed by atoms with Crippen molar-refractivity contribution in [2.75, 3.05) is 16.8 Å². The average Bonchev–Trinajstić information content (AvgIpc) is 3.21. The van der Waals surface area contributed by atoms with E-state index >= 15 is 0 Å². The van der Waals surface area contributed by atoms with Gasteiger partial charge in [-0.25, -0.2) is 4.39 Å². The van der Waals surface area contributed by atoms with Crippen LogP contribution in [-0.4, -0.2) is 28.6 Å². The summed E-state index contributed by atoms with van der Waals surface area (Å²) >= 11 is 3.34. The molecule has 1 aliphatic heterocycles. The van der Waals surface area contributed by atoms with Crippen molar-refractivity contribution in [3.63, 3.8) is 0 Å². The molecule has 8 heteroatoms. The van der Waals surface area contributed by atoms with Crippen molar-refractivity contribution < 1.29 is 14.0 Å². The third kappa shape index (κ3) is 2.96. The van der Waals surface area contributed by atoms with E-state index in [0.29, 0.717) is 11.2 Å². The number of fused-ring (bicyclic) bond motifs is 1. The molecule has 0 saturated carbocycles. The fourth-order valence-corrected chi connectivity index (χ4v) is 3.34. The van der Waals surface area contributed by atoms with Gasteiger partial charge >= 0.3 is 0 Å². The molecular formula is C18H14BrFN4O2. The monoisotopic (exact) mass is 416 g/mol. The first-order chi connectivity index (χ1) is 12.5. The van der Waals surface area contributed by atoms with Crippen LogP contribution >= 0.6 is 15.9 Å². The molecule has 3 aromatic rings. The second kappa shape index (κ2) is 6.53. The number of carbonyl (C=O) groups excluding carboxylic acids is 2. The predicted molar refractivity (Wildman–Crippen MR) is 99.3 cm³/mol. The van der Waals surface area contributed by atoms with Gasteiger partial charge in [0.25, 0.3) is 0 Å². The van der Waals surface area contributed by atoms with E-state index in [2.05, 4.69) is 31.4 Å². The first-order valence-corrected chi connectivity index (χ1v) is 8.81. The molecule has 0 radical (unpaired) electrons. The molecule has 1 aliphatic rings. The minimum atomic E-state index is -0.523. The highest BCUT2D eigenvalue weighted by atomic mass is 79.9. The molecule has 0 bridgehead atoms. The maximum absolute atomic E-state index is 14.2. The Labute approximate surface area is 156 Å². The van der Waals surface area contributed by atoms with E-state index in [1.54, 1.807) is 24.3 Å². The Morgan fingerprint density at radius 2 is 2.04 bits per heavy atom. The summed E-state index contributed by atoms with van der Waals surface area (Å²) in [5.41, 5.74) is 1.16. The zero-order valence-corrected chi connectivity index (χ0v) is 15.1. The van der Waals surface area contributed by atoms with E-state index in [-0.39, 0.29) is 36.0 Å². The summed E-state index contributed by atoms with van der Waals surface area (Å²) in [6, 6.07) is 11.8. The zero-order chi connectivity index (χ0) is 18.3. The smallest absolute Gasteiger partial charge is 0.229 e. The summed E-state index contributed by atoms with van der Waals surface area (Å²) < 4.78 is 15.1. The molecule has 132 valence electrons. The van der Waals surface area contributed by atoms with Gasteiger partial charge in [-0.15, -0.1) is 0 Å². The van der Waals surface area contributed by atoms with Gasteiger partial charge in [0.1, 0.15) is 5.82 Å². The summed E-state index contributed by atoms with van der Waals surface area (Å²) in [6.45, 7) is 0.162. The van der Waals surface area contributed by atoms with E-state index in [4.69, 9.17) is 0 Å². The predicted octanol–water partition coefficient (Wildman–Crippen LogP) is 3.46. The lowest BCUT2D eigenvalue weighted by molar-refractivity contribution is -0.122. The highest BCUT2D eigenvalue weighted by molar-refractivity contribution is 9.10. The average molecular weight is 417 g/mol. The maximum atomic E-state index is 14.2. The third-order valence-electron chi connectivity index (χ3n) is 4.38. The first-order valence-electron chi connectivity index (χ1n) is 8.02. The Bertz CT molecular complexity index is 1000. The molecule has 2 heterocycles. The molecule has 2 aromatic carbocycles. The number of hydrogen-bond acceptors (Lipinski definition) is 3. The van der Waals surface area contributed by atoms with Gasteiger partial charge in [0.15, 0.2) is 5.82 Å². The highest BCUT2D eigenvalue weighted by Crippen LogP contribution is 2.31. The Kier molecular flexibility index (Phi) is 4.20. The second-order valence-electron chi connectivity index (χ2n) is 6.11. The molecule has 6 nitrogen and oxygen atoms in total. The molecule has 0 spiro atoms. The molecule has 2 amide bonds. The van der Waals surface area contributed by atoms with Crippen molar-refractivity contribution in [1.29, 1.82) is 0 Å². The van der Waals surface area contributed by atoms with Crippen LogP contribution in [0.4, 0.5) is 15.9 Å². The lowest BCUT2D eigenvalue weighted by Gasteiger charge is -2.14. The van der Waals surface area contributed by atoms with Crippen molar-refractivity contribution in [1.82, 2.24) is 10.2 Å². The number of carbonyl (C=O) groups is 2. The van der Waals surface area contributed by atoms with E-state index in [1.165, 1.54) is 11.0 Å². The van der Waals surface area contributed by atoms with Gasteiger partial charge in [-0.2, -0.15) is 5.10 Å². The van der Waals surface area contributed by atoms with E-state index in [1.807, 2.05) is 12.1 Å². The fourth-order valence-electron chi connectivity index (χ4n) is 3.07. The number of anilines is 2. The number of nitrogens with one attached hydrogen (secondary N) is 2. The van der Waals surface area contributed by atoms with Crippen molar-refractivity contribution in [2.24, 2.45) is 5.92 Å². The maximum Gasteiger partial charge on any atom is 0.229 e. The highest BCUT2D eigenvalue weighted by Gasteiger charge is 2.37. The van der Waals surface area contributed by atoms with Crippen LogP contribution < -0.4 is 10.2 Å². The molecule has 2 N–H and O–H groups in total.